The predicted octanol–water partition coefficient (Wildman–Crippen LogP) is 2.86. The standard InChI is InChI=1S/C19H16F2N6O/c1-10-16(24-25-27(10)15-5-4-12(20)6-14(15)21)19(28)18-17(11-2-3-11)23-8-13-7-22-9-26(13)18/h4-9,11,19,28H,2-3H2,1H3/t19-/m0/s1. The molecule has 7 nitrogen and oxygen atoms in total. The molecular weight excluding hydrogens is 366 g/mol. The van der Waals surface area contributed by atoms with Gasteiger partial charge < -0.3 is 5.11 Å². The second-order valence-electron chi connectivity index (χ2n) is 6.96. The van der Waals surface area contributed by atoms with Crippen LogP contribution in [0.25, 0.3) is 11.2 Å². The van der Waals surface area contributed by atoms with Crippen LogP contribution in [-0.4, -0.2) is 34.5 Å². The molecular formula is C19H16F2N6O. The van der Waals surface area contributed by atoms with Crippen LogP contribution in [0.1, 0.15) is 47.6 Å². The third kappa shape index (κ3) is 2.58. The molecule has 1 N–H and O–H groups in total. The van der Waals surface area contributed by atoms with Crippen molar-refractivity contribution in [2.24, 2.45) is 0 Å². The van der Waals surface area contributed by atoms with E-state index in [0.717, 1.165) is 36.2 Å². The van der Waals surface area contributed by atoms with Crippen LogP contribution < -0.4 is 0 Å². The maximum atomic E-state index is 14.2. The van der Waals surface area contributed by atoms with Crippen LogP contribution in [-0.2, 0) is 0 Å². The molecule has 0 bridgehead atoms. The lowest BCUT2D eigenvalue weighted by Crippen LogP contribution is -2.13. The van der Waals surface area contributed by atoms with Gasteiger partial charge in [0.05, 0.1) is 41.3 Å². The number of aromatic nitrogens is 6. The number of hydrogen-bond acceptors (Lipinski definition) is 5. The van der Waals surface area contributed by atoms with Crippen LogP contribution >= 0.6 is 0 Å². The van der Waals surface area contributed by atoms with E-state index in [4.69, 9.17) is 0 Å². The number of rotatable bonds is 4. The minimum atomic E-state index is -1.11. The van der Waals surface area contributed by atoms with Crippen molar-refractivity contribution in [3.8, 4) is 5.69 Å². The molecule has 1 aromatic carbocycles. The number of imidazole rings is 1. The Kier molecular flexibility index (Phi) is 3.73. The zero-order valence-electron chi connectivity index (χ0n) is 14.9. The van der Waals surface area contributed by atoms with E-state index in [1.807, 2.05) is 0 Å². The van der Waals surface area contributed by atoms with Crippen LogP contribution in [0.5, 0.6) is 0 Å². The zero-order chi connectivity index (χ0) is 19.4. The fourth-order valence-electron chi connectivity index (χ4n) is 3.48. The number of benzene rings is 1. The Balaban J connectivity index is 1.63. The SMILES string of the molecule is Cc1c([C@H](O)c2c(C3CC3)ncc3cncn23)nnn1-c1ccc(F)cc1F. The lowest BCUT2D eigenvalue weighted by molar-refractivity contribution is 0.206. The van der Waals surface area contributed by atoms with Crippen molar-refractivity contribution < 1.29 is 13.9 Å². The number of aliphatic hydroxyl groups excluding tert-OH is 1. The molecule has 0 spiro atoms. The maximum absolute atomic E-state index is 14.2. The summed E-state index contributed by atoms with van der Waals surface area (Å²) in [6.45, 7) is 1.68. The highest BCUT2D eigenvalue weighted by molar-refractivity contribution is 5.47. The Morgan fingerprint density at radius 1 is 1.21 bits per heavy atom. The average Bonchev–Trinajstić information content (AvgIpc) is 3.29. The van der Waals surface area contributed by atoms with Gasteiger partial charge in [0, 0.05) is 12.0 Å². The van der Waals surface area contributed by atoms with Gasteiger partial charge in [-0.2, -0.15) is 0 Å². The lowest BCUT2D eigenvalue weighted by Gasteiger charge is -2.16. The second-order valence-corrected chi connectivity index (χ2v) is 6.96. The summed E-state index contributed by atoms with van der Waals surface area (Å²) < 4.78 is 30.5. The summed E-state index contributed by atoms with van der Waals surface area (Å²) in [6, 6.07) is 3.22. The first-order chi connectivity index (χ1) is 13.5. The van der Waals surface area contributed by atoms with Crippen molar-refractivity contribution in [3.05, 3.63) is 71.3 Å². The molecule has 1 aliphatic rings. The fourth-order valence-corrected chi connectivity index (χ4v) is 3.48. The molecule has 0 amide bonds. The third-order valence-electron chi connectivity index (χ3n) is 5.08. The first-order valence-electron chi connectivity index (χ1n) is 8.91. The van der Waals surface area contributed by atoms with E-state index in [1.165, 1.54) is 10.7 Å². The van der Waals surface area contributed by atoms with Crippen molar-refractivity contribution in [1.82, 2.24) is 29.4 Å². The quantitative estimate of drug-likeness (QED) is 0.587. The van der Waals surface area contributed by atoms with Gasteiger partial charge in [-0.3, -0.25) is 9.38 Å². The molecule has 4 aromatic rings. The van der Waals surface area contributed by atoms with Gasteiger partial charge >= 0.3 is 0 Å². The predicted molar refractivity (Wildman–Crippen MR) is 95.0 cm³/mol. The minimum Gasteiger partial charge on any atom is -0.380 e. The van der Waals surface area contributed by atoms with Crippen LogP contribution in [0.2, 0.25) is 0 Å². The summed E-state index contributed by atoms with van der Waals surface area (Å²) in [5.41, 5.74) is 2.96. The van der Waals surface area contributed by atoms with Crippen molar-refractivity contribution in [3.63, 3.8) is 0 Å². The molecule has 0 radical (unpaired) electrons. The van der Waals surface area contributed by atoms with Crippen molar-refractivity contribution in [2.45, 2.75) is 31.8 Å². The molecule has 1 aliphatic carbocycles. The number of fused-ring (bicyclic) bond motifs is 1. The Morgan fingerprint density at radius 2 is 2.04 bits per heavy atom. The average molecular weight is 382 g/mol. The van der Waals surface area contributed by atoms with Gasteiger partial charge in [-0.05, 0) is 31.9 Å². The van der Waals surface area contributed by atoms with E-state index in [9.17, 15) is 13.9 Å². The number of hydrogen-bond donors (Lipinski definition) is 1. The van der Waals surface area contributed by atoms with Crippen LogP contribution in [0.15, 0.2) is 36.9 Å². The largest absolute Gasteiger partial charge is 0.380 e. The molecule has 3 aromatic heterocycles. The normalized spacial score (nSPS) is 15.3. The lowest BCUT2D eigenvalue weighted by atomic mass is 10.1. The summed E-state index contributed by atoms with van der Waals surface area (Å²) >= 11 is 0. The highest BCUT2D eigenvalue weighted by atomic mass is 19.1. The van der Waals surface area contributed by atoms with Crippen molar-refractivity contribution in [1.29, 1.82) is 0 Å². The molecule has 1 fully saturated rings. The second kappa shape index (κ2) is 6.16. The van der Waals surface area contributed by atoms with Gasteiger partial charge in [0.15, 0.2) is 5.82 Å². The van der Waals surface area contributed by atoms with Crippen LogP contribution in [0.4, 0.5) is 8.78 Å². The van der Waals surface area contributed by atoms with E-state index < -0.39 is 17.7 Å². The first kappa shape index (κ1) is 16.9. The molecule has 0 aliphatic heterocycles. The smallest absolute Gasteiger partial charge is 0.151 e. The van der Waals surface area contributed by atoms with E-state index in [-0.39, 0.29) is 11.4 Å². The van der Waals surface area contributed by atoms with E-state index >= 15 is 0 Å². The summed E-state index contributed by atoms with van der Waals surface area (Å²) in [6.07, 6.45) is 5.93. The number of nitrogens with zero attached hydrogens (tertiary/aromatic N) is 6. The van der Waals surface area contributed by atoms with E-state index in [1.54, 1.807) is 30.0 Å². The fraction of sp³-hybridized carbons (Fsp3) is 0.263. The Labute approximate surface area is 158 Å². The Bertz CT molecular complexity index is 1200. The van der Waals surface area contributed by atoms with E-state index in [2.05, 4.69) is 20.3 Å². The summed E-state index contributed by atoms with van der Waals surface area (Å²) in [5.74, 6) is -1.14. The van der Waals surface area contributed by atoms with Crippen LogP contribution in [0, 0.1) is 18.6 Å². The molecule has 3 heterocycles. The first-order valence-corrected chi connectivity index (χ1v) is 8.91. The summed E-state index contributed by atoms with van der Waals surface area (Å²) in [4.78, 5) is 8.67. The van der Waals surface area contributed by atoms with Gasteiger partial charge in [0.1, 0.15) is 23.3 Å². The molecule has 28 heavy (non-hydrogen) atoms. The molecule has 9 heteroatoms. The van der Waals surface area contributed by atoms with Crippen molar-refractivity contribution >= 4 is 5.52 Å². The number of aliphatic hydroxyl groups is 1. The van der Waals surface area contributed by atoms with E-state index in [0.29, 0.717) is 17.3 Å². The maximum Gasteiger partial charge on any atom is 0.151 e. The van der Waals surface area contributed by atoms with Crippen LogP contribution in [0.3, 0.4) is 0 Å². The molecule has 0 unspecified atom stereocenters. The van der Waals surface area contributed by atoms with Gasteiger partial charge in [-0.25, -0.2) is 18.4 Å². The number of halogens is 2. The molecule has 5 rings (SSSR count). The molecule has 1 saturated carbocycles. The summed E-state index contributed by atoms with van der Waals surface area (Å²) in [7, 11) is 0. The zero-order valence-corrected chi connectivity index (χ0v) is 14.9. The summed E-state index contributed by atoms with van der Waals surface area (Å²) in [5, 5.41) is 19.2. The van der Waals surface area contributed by atoms with Gasteiger partial charge in [-0.15, -0.1) is 5.10 Å². The van der Waals surface area contributed by atoms with Gasteiger partial charge in [0.25, 0.3) is 0 Å². The molecule has 1 atom stereocenters. The van der Waals surface area contributed by atoms with Crippen molar-refractivity contribution in [2.75, 3.05) is 0 Å². The molecule has 142 valence electrons. The van der Waals surface area contributed by atoms with Gasteiger partial charge in [-0.1, -0.05) is 5.21 Å². The molecule has 0 saturated heterocycles. The topological polar surface area (TPSA) is 81.1 Å². The van der Waals surface area contributed by atoms with Gasteiger partial charge in [0.2, 0.25) is 0 Å². The Morgan fingerprint density at radius 3 is 2.79 bits per heavy atom. The minimum absolute atomic E-state index is 0.0613. The Hall–Kier alpha value is -3.20. The highest BCUT2D eigenvalue weighted by Crippen LogP contribution is 2.43. The highest BCUT2D eigenvalue weighted by Gasteiger charge is 2.33. The monoisotopic (exact) mass is 382 g/mol. The third-order valence-corrected chi connectivity index (χ3v) is 5.08.